The molecule has 2 amide bonds. The first-order chi connectivity index (χ1) is 12.6. The molecule has 1 saturated carbocycles. The number of ether oxygens (including phenoxy) is 1. The van der Waals surface area contributed by atoms with Gasteiger partial charge >= 0.3 is 0 Å². The van der Waals surface area contributed by atoms with Crippen LogP contribution in [0.5, 0.6) is 5.75 Å². The molecule has 0 aliphatic heterocycles. The first kappa shape index (κ1) is 17.9. The van der Waals surface area contributed by atoms with E-state index in [4.69, 9.17) is 17.0 Å². The molecule has 1 aliphatic rings. The second kappa shape index (κ2) is 8.44. The number of anilines is 2. The Labute approximate surface area is 156 Å². The van der Waals surface area contributed by atoms with E-state index in [1.807, 2.05) is 18.2 Å². The van der Waals surface area contributed by atoms with Gasteiger partial charge in [-0.05, 0) is 55.4 Å². The molecule has 1 aliphatic carbocycles. The lowest BCUT2D eigenvalue weighted by atomic mass is 10.2. The molecule has 3 rings (SSSR count). The summed E-state index contributed by atoms with van der Waals surface area (Å²) in [5.74, 6) is 0.403. The molecule has 0 heterocycles. The second-order valence-electron chi connectivity index (χ2n) is 5.95. The number of nitrogens with one attached hydrogen (secondary N) is 3. The fourth-order valence-electron chi connectivity index (χ4n) is 2.26. The number of thiocarbonyl (C=S) groups is 1. The molecule has 0 saturated heterocycles. The van der Waals surface area contributed by atoms with Crippen molar-refractivity contribution in [2.75, 3.05) is 17.2 Å². The Kier molecular flexibility index (Phi) is 5.80. The lowest BCUT2D eigenvalue weighted by molar-refractivity contribution is -0.121. The number of benzene rings is 2. The summed E-state index contributed by atoms with van der Waals surface area (Å²) >= 11 is 5.14. The van der Waals surface area contributed by atoms with Crippen LogP contribution in [0.4, 0.5) is 11.4 Å². The molecule has 3 N–H and O–H groups in total. The van der Waals surface area contributed by atoms with Crippen LogP contribution in [0.3, 0.4) is 0 Å². The zero-order chi connectivity index (χ0) is 18.4. The Morgan fingerprint density at radius 3 is 2.38 bits per heavy atom. The zero-order valence-corrected chi connectivity index (χ0v) is 14.8. The van der Waals surface area contributed by atoms with Gasteiger partial charge in [0.1, 0.15) is 5.75 Å². The summed E-state index contributed by atoms with van der Waals surface area (Å²) in [6, 6.07) is 16.2. The molecule has 7 heteroatoms. The summed E-state index contributed by atoms with van der Waals surface area (Å²) in [6.07, 6.45) is 1.84. The summed E-state index contributed by atoms with van der Waals surface area (Å²) in [5, 5.41) is 8.62. The Morgan fingerprint density at radius 1 is 1.00 bits per heavy atom. The van der Waals surface area contributed by atoms with E-state index >= 15 is 0 Å². The maximum atomic E-state index is 12.0. The van der Waals surface area contributed by atoms with Crippen LogP contribution in [0.25, 0.3) is 0 Å². The van der Waals surface area contributed by atoms with Crippen molar-refractivity contribution in [1.29, 1.82) is 0 Å². The third-order valence-electron chi connectivity index (χ3n) is 3.70. The highest BCUT2D eigenvalue weighted by Gasteiger charge is 2.29. The van der Waals surface area contributed by atoms with Crippen molar-refractivity contribution in [3.8, 4) is 5.75 Å². The lowest BCUT2D eigenvalue weighted by Crippen LogP contribution is -2.35. The molecule has 2 aromatic carbocycles. The van der Waals surface area contributed by atoms with Gasteiger partial charge in [0, 0.05) is 17.3 Å². The van der Waals surface area contributed by atoms with Gasteiger partial charge in [-0.25, -0.2) is 0 Å². The SMILES string of the molecule is O=C(COc1ccccc1)Nc1cccc(NC(=S)NC(=O)C2CC2)c1. The van der Waals surface area contributed by atoms with E-state index in [0.717, 1.165) is 12.8 Å². The molecule has 0 bridgehead atoms. The number of hydrogen-bond acceptors (Lipinski definition) is 4. The highest BCUT2D eigenvalue weighted by Crippen LogP contribution is 2.28. The topological polar surface area (TPSA) is 79.5 Å². The van der Waals surface area contributed by atoms with Crippen LogP contribution < -0.4 is 20.7 Å². The average molecular weight is 369 g/mol. The van der Waals surface area contributed by atoms with Gasteiger partial charge in [-0.3, -0.25) is 9.59 Å². The minimum atomic E-state index is -0.268. The normalized spacial score (nSPS) is 12.8. The van der Waals surface area contributed by atoms with Gasteiger partial charge in [-0.15, -0.1) is 0 Å². The number of rotatable bonds is 6. The smallest absolute Gasteiger partial charge is 0.262 e. The molecule has 6 nitrogen and oxygen atoms in total. The summed E-state index contributed by atoms with van der Waals surface area (Å²) < 4.78 is 5.41. The lowest BCUT2D eigenvalue weighted by Gasteiger charge is -2.11. The number of hydrogen-bond donors (Lipinski definition) is 3. The van der Waals surface area contributed by atoms with Gasteiger partial charge in [-0.1, -0.05) is 24.3 Å². The van der Waals surface area contributed by atoms with E-state index in [2.05, 4.69) is 16.0 Å². The van der Waals surface area contributed by atoms with Gasteiger partial charge in [0.25, 0.3) is 5.91 Å². The van der Waals surface area contributed by atoms with E-state index in [1.54, 1.807) is 36.4 Å². The third kappa shape index (κ3) is 5.56. The van der Waals surface area contributed by atoms with Crippen LogP contribution in [0.1, 0.15) is 12.8 Å². The van der Waals surface area contributed by atoms with Crippen LogP contribution in [0.15, 0.2) is 54.6 Å². The number of carbonyl (C=O) groups excluding carboxylic acids is 2. The summed E-state index contributed by atoms with van der Waals surface area (Å²) in [5.41, 5.74) is 1.28. The molecular weight excluding hydrogens is 350 g/mol. The molecule has 0 atom stereocenters. The van der Waals surface area contributed by atoms with Crippen molar-refractivity contribution in [3.05, 3.63) is 54.6 Å². The van der Waals surface area contributed by atoms with Crippen molar-refractivity contribution >= 4 is 40.5 Å². The predicted molar refractivity (Wildman–Crippen MR) is 104 cm³/mol. The molecule has 1 fully saturated rings. The standard InChI is InChI=1S/C19H19N3O3S/c23-17(12-25-16-7-2-1-3-8-16)20-14-5-4-6-15(11-14)21-19(26)22-18(24)13-9-10-13/h1-8,11,13H,9-10,12H2,(H,20,23)(H2,21,22,24,26). The molecular formula is C19H19N3O3S. The fourth-order valence-corrected chi connectivity index (χ4v) is 2.48. The summed E-state index contributed by atoms with van der Waals surface area (Å²) in [6.45, 7) is -0.0858. The van der Waals surface area contributed by atoms with Crippen LogP contribution in [0, 0.1) is 5.92 Å². The Balaban J connectivity index is 1.49. The van der Waals surface area contributed by atoms with Gasteiger partial charge in [-0.2, -0.15) is 0 Å². The molecule has 134 valence electrons. The maximum Gasteiger partial charge on any atom is 0.262 e. The monoisotopic (exact) mass is 369 g/mol. The quantitative estimate of drug-likeness (QED) is 0.683. The van der Waals surface area contributed by atoms with E-state index in [-0.39, 0.29) is 29.5 Å². The zero-order valence-electron chi connectivity index (χ0n) is 14.0. The highest BCUT2D eigenvalue weighted by molar-refractivity contribution is 7.80. The fraction of sp³-hybridized carbons (Fsp3) is 0.211. The predicted octanol–water partition coefficient (Wildman–Crippen LogP) is 2.93. The molecule has 0 unspecified atom stereocenters. The first-order valence-corrected chi connectivity index (χ1v) is 8.70. The van der Waals surface area contributed by atoms with Gasteiger partial charge < -0.3 is 20.7 Å². The first-order valence-electron chi connectivity index (χ1n) is 8.30. The Hall–Kier alpha value is -2.93. The third-order valence-corrected chi connectivity index (χ3v) is 3.91. The van der Waals surface area contributed by atoms with Crippen molar-refractivity contribution in [3.63, 3.8) is 0 Å². The molecule has 0 radical (unpaired) electrons. The number of para-hydroxylation sites is 1. The van der Waals surface area contributed by atoms with E-state index in [1.165, 1.54) is 0 Å². The van der Waals surface area contributed by atoms with Crippen LogP contribution >= 0.6 is 12.2 Å². The van der Waals surface area contributed by atoms with E-state index in [0.29, 0.717) is 17.1 Å². The van der Waals surface area contributed by atoms with Crippen molar-refractivity contribution in [2.45, 2.75) is 12.8 Å². The molecule has 26 heavy (non-hydrogen) atoms. The van der Waals surface area contributed by atoms with Gasteiger partial charge in [0.05, 0.1) is 0 Å². The minimum Gasteiger partial charge on any atom is -0.484 e. The Morgan fingerprint density at radius 2 is 1.69 bits per heavy atom. The minimum absolute atomic E-state index is 0.0509. The van der Waals surface area contributed by atoms with Crippen LogP contribution in [0.2, 0.25) is 0 Å². The summed E-state index contributed by atoms with van der Waals surface area (Å²) in [4.78, 5) is 23.7. The molecule has 0 aromatic heterocycles. The Bertz CT molecular complexity index is 807. The van der Waals surface area contributed by atoms with Crippen molar-refractivity contribution in [2.24, 2.45) is 5.92 Å². The number of amides is 2. The van der Waals surface area contributed by atoms with E-state index < -0.39 is 0 Å². The van der Waals surface area contributed by atoms with Gasteiger partial charge in [0.15, 0.2) is 11.7 Å². The second-order valence-corrected chi connectivity index (χ2v) is 6.36. The maximum absolute atomic E-state index is 12.0. The average Bonchev–Trinajstić information content (AvgIpc) is 3.46. The van der Waals surface area contributed by atoms with Crippen LogP contribution in [-0.2, 0) is 9.59 Å². The number of carbonyl (C=O) groups is 2. The van der Waals surface area contributed by atoms with Gasteiger partial charge in [0.2, 0.25) is 5.91 Å². The summed E-state index contributed by atoms with van der Waals surface area (Å²) in [7, 11) is 0. The molecule has 0 spiro atoms. The van der Waals surface area contributed by atoms with Crippen molar-refractivity contribution in [1.82, 2.24) is 5.32 Å². The van der Waals surface area contributed by atoms with E-state index in [9.17, 15) is 9.59 Å². The van der Waals surface area contributed by atoms with Crippen LogP contribution in [-0.4, -0.2) is 23.5 Å². The van der Waals surface area contributed by atoms with Crippen molar-refractivity contribution < 1.29 is 14.3 Å². The molecule has 2 aromatic rings. The largest absolute Gasteiger partial charge is 0.484 e. The highest BCUT2D eigenvalue weighted by atomic mass is 32.1.